The first-order valence-corrected chi connectivity index (χ1v) is 8.12. The second-order valence-electron chi connectivity index (χ2n) is 6.00. The van der Waals surface area contributed by atoms with E-state index in [1.54, 1.807) is 34.3 Å². The van der Waals surface area contributed by atoms with Crippen LogP contribution in [0.15, 0.2) is 43.2 Å². The van der Waals surface area contributed by atoms with Gasteiger partial charge in [0.15, 0.2) is 0 Å². The molecule has 0 N–H and O–H groups in total. The molecule has 0 saturated heterocycles. The first-order chi connectivity index (χ1) is 11.4. The maximum absolute atomic E-state index is 4.03. The molecule has 0 aliphatic carbocycles. The molecule has 8 nitrogen and oxygen atoms in total. The van der Waals surface area contributed by atoms with Crippen molar-refractivity contribution < 1.29 is 0 Å². The highest BCUT2D eigenvalue weighted by molar-refractivity contribution is 4.79. The Balaban J connectivity index is 0.000000180. The Labute approximate surface area is 143 Å². The van der Waals surface area contributed by atoms with Crippen LogP contribution in [-0.2, 0) is 0 Å². The minimum atomic E-state index is 0.380. The van der Waals surface area contributed by atoms with Crippen LogP contribution in [0.5, 0.6) is 0 Å². The van der Waals surface area contributed by atoms with Gasteiger partial charge in [-0.05, 0) is 47.6 Å². The molecule has 0 aliphatic rings. The third-order valence-electron chi connectivity index (χ3n) is 2.92. The lowest BCUT2D eigenvalue weighted by atomic mass is 10.4. The van der Waals surface area contributed by atoms with Crippen LogP contribution >= 0.6 is 0 Å². The van der Waals surface area contributed by atoms with Crippen molar-refractivity contribution in [3.63, 3.8) is 0 Å². The van der Waals surface area contributed by atoms with Gasteiger partial charge in [0.25, 0.3) is 0 Å². The topological polar surface area (TPSA) is 79.2 Å². The van der Waals surface area contributed by atoms with Crippen molar-refractivity contribution in [3.8, 4) is 0 Å². The average Bonchev–Trinajstić information content (AvgIpc) is 3.29. The summed E-state index contributed by atoms with van der Waals surface area (Å²) in [7, 11) is 0. The molecule has 0 spiro atoms. The Bertz CT molecular complexity index is 518. The Morgan fingerprint density at radius 3 is 1.50 bits per heavy atom. The zero-order chi connectivity index (χ0) is 17.9. The molecule has 3 heterocycles. The molecular weight excluding hydrogens is 304 g/mol. The predicted molar refractivity (Wildman–Crippen MR) is 93.4 cm³/mol. The van der Waals surface area contributed by atoms with E-state index >= 15 is 0 Å². The molecule has 3 aromatic rings. The van der Waals surface area contributed by atoms with Gasteiger partial charge >= 0.3 is 0 Å². The van der Waals surface area contributed by atoms with Crippen LogP contribution in [0.4, 0.5) is 0 Å². The minimum absolute atomic E-state index is 0.380. The molecule has 3 aromatic heterocycles. The van der Waals surface area contributed by atoms with Gasteiger partial charge in [-0.1, -0.05) is 5.21 Å². The minimum Gasteiger partial charge on any atom is -0.270 e. The number of aromatic nitrogens is 8. The summed E-state index contributed by atoms with van der Waals surface area (Å²) in [5.74, 6) is 0. The van der Waals surface area contributed by atoms with Gasteiger partial charge in [0.2, 0.25) is 0 Å². The lowest BCUT2D eigenvalue weighted by Gasteiger charge is -2.01. The van der Waals surface area contributed by atoms with Gasteiger partial charge in [-0.25, -0.2) is 0 Å². The first kappa shape index (κ1) is 19.5. The van der Waals surface area contributed by atoms with E-state index in [-0.39, 0.29) is 0 Å². The van der Waals surface area contributed by atoms with Crippen molar-refractivity contribution in [2.24, 2.45) is 0 Å². The zero-order valence-electron chi connectivity index (χ0n) is 15.4. The Morgan fingerprint density at radius 2 is 1.25 bits per heavy atom. The van der Waals surface area contributed by atoms with Crippen molar-refractivity contribution in [1.82, 2.24) is 39.8 Å². The fourth-order valence-corrected chi connectivity index (χ4v) is 1.57. The smallest absolute Gasteiger partial charge is 0.0693 e. The van der Waals surface area contributed by atoms with Gasteiger partial charge < -0.3 is 0 Å². The fraction of sp³-hybridized carbons (Fsp3) is 0.562. The standard InChI is InChI=1S/C6H10N2.2C5H9N3/c1-6(2)8-5-3-4-7-8;1-5(2)8-4-3-6-7-8;1-5(2)8-6-3-4-7-8/h3-6H,1-2H3;2*3-5H,1-2H3. The summed E-state index contributed by atoms with van der Waals surface area (Å²) in [4.78, 5) is 1.67. The highest BCUT2D eigenvalue weighted by Gasteiger charge is 1.94. The molecule has 0 bridgehead atoms. The summed E-state index contributed by atoms with van der Waals surface area (Å²) >= 11 is 0. The van der Waals surface area contributed by atoms with E-state index in [1.807, 2.05) is 37.0 Å². The summed E-state index contributed by atoms with van der Waals surface area (Å²) in [6, 6.07) is 3.23. The highest BCUT2D eigenvalue weighted by Crippen LogP contribution is 1.98. The average molecular weight is 332 g/mol. The van der Waals surface area contributed by atoms with Gasteiger partial charge in [-0.2, -0.15) is 20.1 Å². The molecular formula is C16H28N8. The molecule has 0 saturated carbocycles. The van der Waals surface area contributed by atoms with Crippen LogP contribution in [0.1, 0.15) is 59.7 Å². The summed E-state index contributed by atoms with van der Waals surface area (Å²) in [6.07, 6.45) is 10.6. The molecule has 0 aliphatic heterocycles. The van der Waals surface area contributed by atoms with Crippen LogP contribution in [-0.4, -0.2) is 39.8 Å². The van der Waals surface area contributed by atoms with E-state index < -0.39 is 0 Å². The van der Waals surface area contributed by atoms with Crippen molar-refractivity contribution in [2.45, 2.75) is 59.7 Å². The molecule has 0 aromatic carbocycles. The summed E-state index contributed by atoms with van der Waals surface area (Å²) in [6.45, 7) is 12.4. The van der Waals surface area contributed by atoms with E-state index in [2.05, 4.69) is 53.3 Å². The highest BCUT2D eigenvalue weighted by atomic mass is 15.5. The number of hydrogen-bond donors (Lipinski definition) is 0. The van der Waals surface area contributed by atoms with Crippen LogP contribution in [0.3, 0.4) is 0 Å². The normalized spacial score (nSPS) is 10.4. The quantitative estimate of drug-likeness (QED) is 0.736. The molecule has 24 heavy (non-hydrogen) atoms. The van der Waals surface area contributed by atoms with E-state index in [4.69, 9.17) is 0 Å². The van der Waals surface area contributed by atoms with Crippen LogP contribution in [0.25, 0.3) is 0 Å². The van der Waals surface area contributed by atoms with Gasteiger partial charge in [0, 0.05) is 30.7 Å². The maximum atomic E-state index is 4.03. The largest absolute Gasteiger partial charge is 0.270 e. The van der Waals surface area contributed by atoms with Crippen LogP contribution < -0.4 is 0 Å². The number of nitrogens with zero attached hydrogens (tertiary/aromatic N) is 8. The zero-order valence-corrected chi connectivity index (χ0v) is 15.4. The van der Waals surface area contributed by atoms with Crippen molar-refractivity contribution >= 4 is 0 Å². The monoisotopic (exact) mass is 332 g/mol. The van der Waals surface area contributed by atoms with E-state index in [1.165, 1.54) is 0 Å². The SMILES string of the molecule is CC(C)n1cccn1.CC(C)n1ccnn1.CC(C)n1nccn1. The maximum Gasteiger partial charge on any atom is 0.0693 e. The lowest BCUT2D eigenvalue weighted by molar-refractivity contribution is 0.466. The first-order valence-electron chi connectivity index (χ1n) is 8.12. The summed E-state index contributed by atoms with van der Waals surface area (Å²) < 4.78 is 3.72. The summed E-state index contributed by atoms with van der Waals surface area (Å²) in [5.41, 5.74) is 0. The second-order valence-corrected chi connectivity index (χ2v) is 6.00. The van der Waals surface area contributed by atoms with Crippen LogP contribution in [0, 0.1) is 0 Å². The van der Waals surface area contributed by atoms with Crippen molar-refractivity contribution in [3.05, 3.63) is 43.2 Å². The van der Waals surface area contributed by atoms with Crippen LogP contribution in [0.2, 0.25) is 0 Å². The Morgan fingerprint density at radius 1 is 0.625 bits per heavy atom. The number of hydrogen-bond acceptors (Lipinski definition) is 5. The van der Waals surface area contributed by atoms with Gasteiger partial charge in [-0.3, -0.25) is 9.36 Å². The molecule has 0 amide bonds. The third kappa shape index (κ3) is 7.17. The van der Waals surface area contributed by atoms with E-state index in [9.17, 15) is 0 Å². The van der Waals surface area contributed by atoms with Crippen molar-refractivity contribution in [1.29, 1.82) is 0 Å². The van der Waals surface area contributed by atoms with Crippen molar-refractivity contribution in [2.75, 3.05) is 0 Å². The predicted octanol–water partition coefficient (Wildman–Crippen LogP) is 3.18. The van der Waals surface area contributed by atoms with Gasteiger partial charge in [-0.15, -0.1) is 5.10 Å². The number of rotatable bonds is 3. The second kappa shape index (κ2) is 10.3. The van der Waals surface area contributed by atoms with E-state index in [0.717, 1.165) is 0 Å². The molecule has 0 fully saturated rings. The van der Waals surface area contributed by atoms with Gasteiger partial charge in [0.1, 0.15) is 0 Å². The molecule has 0 unspecified atom stereocenters. The summed E-state index contributed by atoms with van der Waals surface area (Å²) in [5, 5.41) is 19.3. The van der Waals surface area contributed by atoms with Gasteiger partial charge in [0.05, 0.1) is 24.6 Å². The molecule has 3 rings (SSSR count). The van der Waals surface area contributed by atoms with E-state index in [0.29, 0.717) is 18.1 Å². The Hall–Kier alpha value is -2.51. The molecule has 8 heteroatoms. The Kier molecular flexibility index (Phi) is 8.38. The fourth-order valence-electron chi connectivity index (χ4n) is 1.57. The molecule has 0 radical (unpaired) electrons. The lowest BCUT2D eigenvalue weighted by Crippen LogP contribution is -2.03. The molecule has 0 atom stereocenters. The molecule has 132 valence electrons. The third-order valence-corrected chi connectivity index (χ3v) is 2.92.